The summed E-state index contributed by atoms with van der Waals surface area (Å²) in [6, 6.07) is 6.11. The van der Waals surface area contributed by atoms with Crippen molar-refractivity contribution in [3.63, 3.8) is 0 Å². The molecule has 10 nitrogen and oxygen atoms in total. The maximum atomic E-state index is 12.0. The Kier molecular flexibility index (Phi) is 9.41. The van der Waals surface area contributed by atoms with E-state index in [0.29, 0.717) is 12.2 Å². The van der Waals surface area contributed by atoms with E-state index < -0.39 is 54.5 Å². The van der Waals surface area contributed by atoms with E-state index in [2.05, 4.69) is 11.9 Å². The molecule has 1 N–H and O–H groups in total. The van der Waals surface area contributed by atoms with Gasteiger partial charge >= 0.3 is 17.9 Å². The Hall–Kier alpha value is -3.40. The highest BCUT2D eigenvalue weighted by Gasteiger charge is 2.52. The number of amides is 1. The number of hydrogen-bond acceptors (Lipinski definition) is 9. The summed E-state index contributed by atoms with van der Waals surface area (Å²) in [5.74, 6) is -1.93. The van der Waals surface area contributed by atoms with Crippen LogP contribution in [-0.4, -0.2) is 61.1 Å². The fraction of sp³-hybridized carbons (Fsp3) is 0.478. The van der Waals surface area contributed by atoms with Crippen LogP contribution in [-0.2, 0) is 44.5 Å². The van der Waals surface area contributed by atoms with Crippen molar-refractivity contribution in [1.82, 2.24) is 5.32 Å². The number of carbonyl (C=O) groups is 4. The molecule has 0 aromatic heterocycles. The molecule has 0 radical (unpaired) electrons. The summed E-state index contributed by atoms with van der Waals surface area (Å²) in [5.41, 5.74) is 0.806. The van der Waals surface area contributed by atoms with Gasteiger partial charge in [-0.1, -0.05) is 24.3 Å². The van der Waals surface area contributed by atoms with Crippen LogP contribution in [0.3, 0.4) is 0 Å². The average Bonchev–Trinajstić information content (AvgIpc) is 2.71. The number of carbonyl (C=O) groups excluding carboxylic acids is 4. The maximum Gasteiger partial charge on any atom is 0.303 e. The van der Waals surface area contributed by atoms with Gasteiger partial charge in [-0.25, -0.2) is 0 Å². The number of ether oxygens (including phenoxy) is 5. The average molecular weight is 463 g/mol. The normalized spacial score (nSPS) is 24.2. The molecule has 1 saturated heterocycles. The second-order valence-corrected chi connectivity index (χ2v) is 7.44. The molecule has 180 valence electrons. The van der Waals surface area contributed by atoms with Crippen molar-refractivity contribution in [2.75, 3.05) is 6.61 Å². The first kappa shape index (κ1) is 25.9. The molecule has 1 heterocycles. The van der Waals surface area contributed by atoms with Crippen molar-refractivity contribution in [2.24, 2.45) is 0 Å². The highest BCUT2D eigenvalue weighted by molar-refractivity contribution is 5.73. The Balaban J connectivity index is 2.49. The van der Waals surface area contributed by atoms with Crippen LogP contribution in [0, 0.1) is 0 Å². The summed E-state index contributed by atoms with van der Waals surface area (Å²) >= 11 is 0. The Morgan fingerprint density at radius 2 is 1.64 bits per heavy atom. The molecule has 1 aliphatic heterocycles. The zero-order chi connectivity index (χ0) is 24.5. The van der Waals surface area contributed by atoms with Gasteiger partial charge in [0.25, 0.3) is 0 Å². The lowest BCUT2D eigenvalue weighted by atomic mass is 9.96. The molecule has 1 amide bonds. The fourth-order valence-electron chi connectivity index (χ4n) is 3.46. The number of benzene rings is 1. The number of rotatable bonds is 9. The van der Waals surface area contributed by atoms with Crippen LogP contribution < -0.4 is 10.1 Å². The van der Waals surface area contributed by atoms with E-state index in [1.165, 1.54) is 27.7 Å². The van der Waals surface area contributed by atoms with E-state index in [1.807, 2.05) is 12.1 Å². The van der Waals surface area contributed by atoms with Crippen molar-refractivity contribution in [1.29, 1.82) is 0 Å². The lowest BCUT2D eigenvalue weighted by Gasteiger charge is -2.44. The van der Waals surface area contributed by atoms with Gasteiger partial charge in [-0.15, -0.1) is 6.58 Å². The molecule has 1 fully saturated rings. The largest absolute Gasteiger partial charge is 0.463 e. The second kappa shape index (κ2) is 12.0. The zero-order valence-corrected chi connectivity index (χ0v) is 19.1. The number of allylic oxidation sites excluding steroid dienone is 1. The molecule has 0 saturated carbocycles. The molecule has 10 heteroatoms. The summed E-state index contributed by atoms with van der Waals surface area (Å²) in [6.45, 7) is 8.29. The quantitative estimate of drug-likeness (QED) is 0.329. The molecule has 1 aromatic rings. The first-order valence-corrected chi connectivity index (χ1v) is 10.4. The van der Waals surface area contributed by atoms with Crippen molar-refractivity contribution in [2.45, 2.75) is 64.8 Å². The van der Waals surface area contributed by atoms with Crippen LogP contribution in [0.1, 0.15) is 33.3 Å². The van der Waals surface area contributed by atoms with E-state index >= 15 is 0 Å². The maximum absolute atomic E-state index is 12.0. The number of hydrogen-bond donors (Lipinski definition) is 1. The van der Waals surface area contributed by atoms with Gasteiger partial charge in [0.15, 0.2) is 12.2 Å². The number of para-hydroxylation sites is 1. The molecule has 0 bridgehead atoms. The van der Waals surface area contributed by atoms with Crippen LogP contribution in [0.5, 0.6) is 5.75 Å². The van der Waals surface area contributed by atoms with Gasteiger partial charge in [0.05, 0.1) is 0 Å². The molecular weight excluding hydrogens is 434 g/mol. The third-order valence-corrected chi connectivity index (χ3v) is 4.65. The topological polar surface area (TPSA) is 126 Å². The van der Waals surface area contributed by atoms with E-state index in [1.54, 1.807) is 18.2 Å². The predicted molar refractivity (Wildman–Crippen MR) is 115 cm³/mol. The van der Waals surface area contributed by atoms with E-state index in [4.69, 9.17) is 23.7 Å². The summed E-state index contributed by atoms with van der Waals surface area (Å²) in [7, 11) is 0. The molecule has 0 spiro atoms. The first-order valence-electron chi connectivity index (χ1n) is 10.4. The Bertz CT molecular complexity index is 884. The minimum absolute atomic E-state index is 0.300. The lowest BCUT2D eigenvalue weighted by Crippen LogP contribution is -2.67. The van der Waals surface area contributed by atoms with Crippen LogP contribution >= 0.6 is 0 Å². The summed E-state index contributed by atoms with van der Waals surface area (Å²) in [4.78, 5) is 47.1. The molecule has 1 aromatic carbocycles. The summed E-state index contributed by atoms with van der Waals surface area (Å²) in [5, 5.41) is 2.66. The Labute approximate surface area is 192 Å². The van der Waals surface area contributed by atoms with Crippen LogP contribution in [0.4, 0.5) is 0 Å². The number of nitrogens with one attached hydrogen (secondary N) is 1. The summed E-state index contributed by atoms with van der Waals surface area (Å²) < 4.78 is 28.0. The van der Waals surface area contributed by atoms with Gasteiger partial charge in [-0.2, -0.15) is 0 Å². The highest BCUT2D eigenvalue weighted by Crippen LogP contribution is 2.30. The summed E-state index contributed by atoms with van der Waals surface area (Å²) in [6.07, 6.45) is -2.35. The smallest absolute Gasteiger partial charge is 0.303 e. The minimum Gasteiger partial charge on any atom is -0.463 e. The lowest BCUT2D eigenvalue weighted by molar-refractivity contribution is -0.257. The van der Waals surface area contributed by atoms with Gasteiger partial charge in [-0.05, 0) is 18.1 Å². The van der Waals surface area contributed by atoms with Gasteiger partial charge in [0, 0.05) is 27.7 Å². The van der Waals surface area contributed by atoms with Gasteiger partial charge in [0.2, 0.25) is 12.2 Å². The second-order valence-electron chi connectivity index (χ2n) is 7.44. The standard InChI is InChI=1S/C23H29NO9/c1-6-9-17-10-7-8-11-18(17)32-23-20(24-13(2)25)22(31-16(5)28)21(30-15(4)27)19(33-23)12-29-14(3)26/h6-8,10-11,19-23H,1,9,12H2,2-5H3,(H,24,25)/t19-,20+,21+,22+,23-/m1/s1. The van der Waals surface area contributed by atoms with E-state index in [-0.39, 0.29) is 6.61 Å². The van der Waals surface area contributed by atoms with Gasteiger partial charge in [0.1, 0.15) is 24.5 Å². The van der Waals surface area contributed by atoms with E-state index in [0.717, 1.165) is 5.56 Å². The SMILES string of the molecule is C=CCc1ccccc1O[C@@H]1O[C@H](COC(C)=O)[C@H](OC(C)=O)[C@@H](OC(C)=O)[C@@H]1NC(C)=O. The third kappa shape index (κ3) is 7.60. The van der Waals surface area contributed by atoms with Crippen molar-refractivity contribution >= 4 is 23.8 Å². The van der Waals surface area contributed by atoms with Crippen molar-refractivity contribution in [3.8, 4) is 5.75 Å². The van der Waals surface area contributed by atoms with Crippen LogP contribution in [0.25, 0.3) is 0 Å². The van der Waals surface area contributed by atoms with E-state index in [9.17, 15) is 19.2 Å². The van der Waals surface area contributed by atoms with Crippen molar-refractivity contribution in [3.05, 3.63) is 42.5 Å². The minimum atomic E-state index is -1.18. The fourth-order valence-corrected chi connectivity index (χ4v) is 3.46. The molecule has 33 heavy (non-hydrogen) atoms. The monoisotopic (exact) mass is 463 g/mol. The molecule has 0 unspecified atom stereocenters. The van der Waals surface area contributed by atoms with Crippen molar-refractivity contribution < 1.29 is 42.9 Å². The van der Waals surface area contributed by atoms with Gasteiger partial charge in [-0.3, -0.25) is 19.2 Å². The molecule has 0 aliphatic carbocycles. The van der Waals surface area contributed by atoms with Gasteiger partial charge < -0.3 is 29.0 Å². The first-order chi connectivity index (χ1) is 15.6. The van der Waals surface area contributed by atoms with Crippen LogP contribution in [0.2, 0.25) is 0 Å². The molecule has 2 rings (SSSR count). The Morgan fingerprint density at radius 1 is 1.00 bits per heavy atom. The molecular formula is C23H29NO9. The Morgan fingerprint density at radius 3 is 2.21 bits per heavy atom. The highest BCUT2D eigenvalue weighted by atomic mass is 16.7. The molecule has 1 aliphatic rings. The predicted octanol–water partition coefficient (Wildman–Crippen LogP) is 1.45. The van der Waals surface area contributed by atoms with Crippen LogP contribution in [0.15, 0.2) is 36.9 Å². The third-order valence-electron chi connectivity index (χ3n) is 4.65. The zero-order valence-electron chi connectivity index (χ0n) is 19.1. The number of esters is 3. The molecule has 5 atom stereocenters.